The lowest BCUT2D eigenvalue weighted by Crippen LogP contribution is -2.41. The summed E-state index contributed by atoms with van der Waals surface area (Å²) in [5, 5.41) is 2.86. The van der Waals surface area contributed by atoms with Crippen LogP contribution in [0, 0.1) is 0 Å². The van der Waals surface area contributed by atoms with Crippen molar-refractivity contribution in [3.63, 3.8) is 0 Å². The monoisotopic (exact) mass is 252 g/mol. The molecule has 0 bridgehead atoms. The van der Waals surface area contributed by atoms with Crippen molar-refractivity contribution in [2.75, 3.05) is 32.6 Å². The van der Waals surface area contributed by atoms with Gasteiger partial charge >= 0.3 is 0 Å². The first-order valence-corrected chi connectivity index (χ1v) is 5.93. The summed E-state index contributed by atoms with van der Waals surface area (Å²) in [4.78, 5) is 22.2. The molecule has 0 saturated carbocycles. The highest BCUT2D eigenvalue weighted by atomic mass is 16.5. The molecule has 0 saturated heterocycles. The number of rotatable bonds is 6. The van der Waals surface area contributed by atoms with E-state index in [2.05, 4.69) is 15.3 Å². The van der Waals surface area contributed by atoms with E-state index in [0.717, 1.165) is 0 Å². The average molecular weight is 252 g/mol. The number of nitrogens with one attached hydrogen (secondary N) is 1. The molecule has 0 aliphatic rings. The number of hydrogen-bond acceptors (Lipinski definition) is 5. The molecule has 100 valence electrons. The van der Waals surface area contributed by atoms with Crippen LogP contribution in [0.3, 0.4) is 0 Å². The molecule has 6 heteroatoms. The van der Waals surface area contributed by atoms with Crippen molar-refractivity contribution < 1.29 is 9.53 Å². The molecule has 1 amide bonds. The van der Waals surface area contributed by atoms with Crippen LogP contribution in [0.2, 0.25) is 0 Å². The van der Waals surface area contributed by atoms with Crippen LogP contribution in [0.5, 0.6) is 0 Å². The summed E-state index contributed by atoms with van der Waals surface area (Å²) in [7, 11) is 3.36. The van der Waals surface area contributed by atoms with E-state index in [4.69, 9.17) is 4.74 Å². The SMILES string of the molecule is CCN(C(=O)c1cncc(NC)n1)C(C)COC. The number of methoxy groups -OCH3 is 1. The Morgan fingerprint density at radius 3 is 2.83 bits per heavy atom. The van der Waals surface area contributed by atoms with Gasteiger partial charge in [-0.25, -0.2) is 4.98 Å². The third-order valence-corrected chi connectivity index (χ3v) is 2.65. The molecule has 0 aliphatic carbocycles. The molecule has 1 N–H and O–H groups in total. The number of carbonyl (C=O) groups excluding carboxylic acids is 1. The molecule has 0 aliphatic heterocycles. The van der Waals surface area contributed by atoms with Crippen LogP contribution < -0.4 is 5.32 Å². The Hall–Kier alpha value is -1.69. The maximum absolute atomic E-state index is 12.3. The number of aromatic nitrogens is 2. The van der Waals surface area contributed by atoms with Gasteiger partial charge in [-0.05, 0) is 13.8 Å². The van der Waals surface area contributed by atoms with Crippen molar-refractivity contribution in [1.82, 2.24) is 14.9 Å². The zero-order valence-electron chi connectivity index (χ0n) is 11.3. The standard InChI is InChI=1S/C12H20N4O2/c1-5-16(9(2)8-18-4)12(17)10-6-14-7-11(13-3)15-10/h6-7,9H,5,8H2,1-4H3,(H,13,15). The first-order chi connectivity index (χ1) is 8.63. The lowest BCUT2D eigenvalue weighted by atomic mass is 10.2. The molecule has 0 fully saturated rings. The third-order valence-electron chi connectivity index (χ3n) is 2.65. The van der Waals surface area contributed by atoms with E-state index < -0.39 is 0 Å². The number of hydrogen-bond donors (Lipinski definition) is 1. The normalized spacial score (nSPS) is 12.0. The second kappa shape index (κ2) is 6.90. The molecule has 0 radical (unpaired) electrons. The minimum Gasteiger partial charge on any atom is -0.383 e. The predicted octanol–water partition coefficient (Wildman–Crippen LogP) is 1.02. The second-order valence-corrected chi connectivity index (χ2v) is 3.94. The number of amides is 1. The van der Waals surface area contributed by atoms with Crippen molar-refractivity contribution in [1.29, 1.82) is 0 Å². The van der Waals surface area contributed by atoms with Crippen LogP contribution in [0.1, 0.15) is 24.3 Å². The molecule has 6 nitrogen and oxygen atoms in total. The lowest BCUT2D eigenvalue weighted by Gasteiger charge is -2.27. The molecule has 1 unspecified atom stereocenters. The Morgan fingerprint density at radius 1 is 1.56 bits per heavy atom. The van der Waals surface area contributed by atoms with E-state index in [1.54, 1.807) is 25.3 Å². The van der Waals surface area contributed by atoms with Crippen LogP contribution in [0.25, 0.3) is 0 Å². The van der Waals surface area contributed by atoms with E-state index in [9.17, 15) is 4.79 Å². The van der Waals surface area contributed by atoms with Gasteiger partial charge in [0.15, 0.2) is 0 Å². The summed E-state index contributed by atoms with van der Waals surface area (Å²) in [5.74, 6) is 0.447. The zero-order chi connectivity index (χ0) is 13.5. The van der Waals surface area contributed by atoms with Gasteiger partial charge < -0.3 is 15.0 Å². The fraction of sp³-hybridized carbons (Fsp3) is 0.583. The van der Waals surface area contributed by atoms with E-state index >= 15 is 0 Å². The van der Waals surface area contributed by atoms with Crippen molar-refractivity contribution >= 4 is 11.7 Å². The first-order valence-electron chi connectivity index (χ1n) is 5.93. The average Bonchev–Trinajstić information content (AvgIpc) is 2.40. The molecular formula is C12H20N4O2. The summed E-state index contributed by atoms with van der Waals surface area (Å²) < 4.78 is 5.08. The second-order valence-electron chi connectivity index (χ2n) is 3.94. The van der Waals surface area contributed by atoms with E-state index in [1.165, 1.54) is 6.20 Å². The van der Waals surface area contributed by atoms with Crippen molar-refractivity contribution in [3.05, 3.63) is 18.1 Å². The predicted molar refractivity (Wildman–Crippen MR) is 69.6 cm³/mol. The smallest absolute Gasteiger partial charge is 0.274 e. The molecule has 1 aromatic rings. The Kier molecular flexibility index (Phi) is 5.51. The van der Waals surface area contributed by atoms with Gasteiger partial charge in [0.25, 0.3) is 5.91 Å². The Morgan fingerprint density at radius 2 is 2.28 bits per heavy atom. The number of carbonyl (C=O) groups is 1. The highest BCUT2D eigenvalue weighted by molar-refractivity contribution is 5.92. The van der Waals surface area contributed by atoms with Gasteiger partial charge in [-0.15, -0.1) is 0 Å². The fourth-order valence-corrected chi connectivity index (χ4v) is 1.72. The van der Waals surface area contributed by atoms with Gasteiger partial charge in [0.2, 0.25) is 0 Å². The molecule has 1 heterocycles. The van der Waals surface area contributed by atoms with Crippen LogP contribution in [-0.4, -0.2) is 54.1 Å². The quantitative estimate of drug-likeness (QED) is 0.818. The first kappa shape index (κ1) is 14.4. The highest BCUT2D eigenvalue weighted by Crippen LogP contribution is 2.08. The van der Waals surface area contributed by atoms with Crippen LogP contribution in [0.4, 0.5) is 5.82 Å². The minimum atomic E-state index is -0.133. The summed E-state index contributed by atoms with van der Waals surface area (Å²) in [6.45, 7) is 4.98. The topological polar surface area (TPSA) is 67.4 Å². The molecule has 1 aromatic heterocycles. The molecule has 0 aromatic carbocycles. The van der Waals surface area contributed by atoms with Gasteiger partial charge in [0.1, 0.15) is 11.5 Å². The third kappa shape index (κ3) is 3.40. The number of likely N-dealkylation sites (N-methyl/N-ethyl adjacent to an activating group) is 1. The summed E-state index contributed by atoms with van der Waals surface area (Å²) in [6.07, 6.45) is 3.05. The molecule has 18 heavy (non-hydrogen) atoms. The van der Waals surface area contributed by atoms with Gasteiger partial charge in [-0.3, -0.25) is 9.78 Å². The zero-order valence-corrected chi connectivity index (χ0v) is 11.3. The van der Waals surface area contributed by atoms with Gasteiger partial charge in [0.05, 0.1) is 25.0 Å². The molecular weight excluding hydrogens is 232 g/mol. The van der Waals surface area contributed by atoms with Gasteiger partial charge in [0, 0.05) is 20.7 Å². The van der Waals surface area contributed by atoms with Crippen LogP contribution >= 0.6 is 0 Å². The van der Waals surface area contributed by atoms with E-state index in [1.807, 2.05) is 13.8 Å². The van der Waals surface area contributed by atoms with Crippen LogP contribution in [-0.2, 0) is 4.74 Å². The fourth-order valence-electron chi connectivity index (χ4n) is 1.72. The van der Waals surface area contributed by atoms with Crippen molar-refractivity contribution in [2.45, 2.75) is 19.9 Å². The molecule has 0 spiro atoms. The van der Waals surface area contributed by atoms with E-state index in [-0.39, 0.29) is 11.9 Å². The number of anilines is 1. The van der Waals surface area contributed by atoms with Crippen LogP contribution in [0.15, 0.2) is 12.4 Å². The largest absolute Gasteiger partial charge is 0.383 e. The highest BCUT2D eigenvalue weighted by Gasteiger charge is 2.21. The Bertz CT molecular complexity index is 397. The van der Waals surface area contributed by atoms with Gasteiger partial charge in [-0.1, -0.05) is 0 Å². The summed E-state index contributed by atoms with van der Waals surface area (Å²) >= 11 is 0. The van der Waals surface area contributed by atoms with Crippen molar-refractivity contribution in [3.8, 4) is 0 Å². The minimum absolute atomic E-state index is 0.00698. The number of nitrogens with zero attached hydrogens (tertiary/aromatic N) is 3. The summed E-state index contributed by atoms with van der Waals surface area (Å²) in [6, 6.07) is 0.00698. The van der Waals surface area contributed by atoms with E-state index in [0.29, 0.717) is 24.7 Å². The van der Waals surface area contributed by atoms with Gasteiger partial charge in [-0.2, -0.15) is 0 Å². The lowest BCUT2D eigenvalue weighted by molar-refractivity contribution is 0.0573. The van der Waals surface area contributed by atoms with Crippen molar-refractivity contribution in [2.24, 2.45) is 0 Å². The molecule has 1 atom stereocenters. The maximum Gasteiger partial charge on any atom is 0.274 e. The summed E-state index contributed by atoms with van der Waals surface area (Å²) in [5.41, 5.74) is 0.339. The maximum atomic E-state index is 12.3. The Labute approximate surface area is 107 Å². The Balaban J connectivity index is 2.88. The number of ether oxygens (including phenoxy) is 1. The molecule has 1 rings (SSSR count).